The van der Waals surface area contributed by atoms with Crippen LogP contribution in [0.4, 0.5) is 13.2 Å². The second-order valence-corrected chi connectivity index (χ2v) is 3.35. The van der Waals surface area contributed by atoms with Crippen molar-refractivity contribution in [1.29, 1.82) is 0 Å². The van der Waals surface area contributed by atoms with Crippen LogP contribution in [0.15, 0.2) is 10.7 Å². The maximum atomic E-state index is 12.7. The van der Waals surface area contributed by atoms with Gasteiger partial charge in [0.15, 0.2) is 5.69 Å². The molecule has 2 N–H and O–H groups in total. The van der Waals surface area contributed by atoms with Gasteiger partial charge in [-0.05, 0) is 0 Å². The molecule has 0 aliphatic carbocycles. The third kappa shape index (κ3) is 2.04. The Kier molecular flexibility index (Phi) is 2.56. The zero-order chi connectivity index (χ0) is 13.5. The van der Waals surface area contributed by atoms with Crippen LogP contribution < -0.4 is 5.73 Å². The largest absolute Gasteiger partial charge is 0.435 e. The summed E-state index contributed by atoms with van der Waals surface area (Å²) in [4.78, 5) is 14.2. The average Bonchev–Trinajstić information content (AvgIpc) is 2.81. The van der Waals surface area contributed by atoms with E-state index in [1.807, 2.05) is 0 Å². The van der Waals surface area contributed by atoms with Crippen molar-refractivity contribution >= 4 is 5.91 Å². The van der Waals surface area contributed by atoms with E-state index in [0.29, 0.717) is 0 Å². The average molecular weight is 261 g/mol. The van der Waals surface area contributed by atoms with Crippen LogP contribution >= 0.6 is 0 Å². The molecule has 0 saturated heterocycles. The lowest BCUT2D eigenvalue weighted by Gasteiger charge is -2.02. The summed E-state index contributed by atoms with van der Waals surface area (Å²) < 4.78 is 43.4. The third-order valence-corrected chi connectivity index (χ3v) is 1.98. The molecule has 7 nitrogen and oxygen atoms in total. The molecule has 96 valence electrons. The number of aryl methyl sites for hydroxylation is 1. The van der Waals surface area contributed by atoms with Crippen molar-refractivity contribution in [3.8, 4) is 11.4 Å². The number of carbonyl (C=O) groups excluding carboxylic acids is 1. The maximum Gasteiger partial charge on any atom is 0.435 e. The van der Waals surface area contributed by atoms with Gasteiger partial charge in [0, 0.05) is 13.2 Å². The summed E-state index contributed by atoms with van der Waals surface area (Å²) in [5.74, 6) is -1.99. The van der Waals surface area contributed by atoms with Crippen molar-refractivity contribution in [3.63, 3.8) is 0 Å². The molecule has 2 aromatic rings. The lowest BCUT2D eigenvalue weighted by molar-refractivity contribution is -0.141. The lowest BCUT2D eigenvalue weighted by Crippen LogP contribution is -2.11. The maximum absolute atomic E-state index is 12.7. The number of nitrogens with two attached hydrogens (primary N) is 1. The van der Waals surface area contributed by atoms with Gasteiger partial charge in [0.25, 0.3) is 0 Å². The molecule has 10 heteroatoms. The molecular formula is C8H6F3N5O2. The van der Waals surface area contributed by atoms with E-state index in [2.05, 4.69) is 19.8 Å². The molecule has 0 unspecified atom stereocenters. The van der Waals surface area contributed by atoms with Crippen LogP contribution in [-0.4, -0.2) is 25.8 Å². The summed E-state index contributed by atoms with van der Waals surface area (Å²) in [7, 11) is 1.31. The van der Waals surface area contributed by atoms with Crippen LogP contribution in [0.25, 0.3) is 11.4 Å². The van der Waals surface area contributed by atoms with Gasteiger partial charge in [-0.2, -0.15) is 23.3 Å². The Bertz CT molecular complexity index is 600. The summed E-state index contributed by atoms with van der Waals surface area (Å²) in [6.07, 6.45) is -3.59. The summed E-state index contributed by atoms with van der Waals surface area (Å²) in [6, 6.07) is 0. The topological polar surface area (TPSA) is 99.8 Å². The lowest BCUT2D eigenvalue weighted by atomic mass is 10.2. The van der Waals surface area contributed by atoms with Gasteiger partial charge in [-0.3, -0.25) is 9.48 Å². The zero-order valence-electron chi connectivity index (χ0n) is 8.89. The number of primary amides is 1. The molecule has 2 rings (SSSR count). The van der Waals surface area contributed by atoms with E-state index >= 15 is 0 Å². The van der Waals surface area contributed by atoms with Crippen molar-refractivity contribution in [2.75, 3.05) is 0 Å². The Morgan fingerprint density at radius 1 is 1.50 bits per heavy atom. The van der Waals surface area contributed by atoms with Crippen LogP contribution in [0.1, 0.15) is 16.4 Å². The highest BCUT2D eigenvalue weighted by Crippen LogP contribution is 2.34. The minimum Gasteiger partial charge on any atom is -0.361 e. The molecule has 0 atom stereocenters. The van der Waals surface area contributed by atoms with Gasteiger partial charge in [-0.1, -0.05) is 5.16 Å². The molecule has 0 aliphatic rings. The summed E-state index contributed by atoms with van der Waals surface area (Å²) >= 11 is 0. The highest BCUT2D eigenvalue weighted by Gasteiger charge is 2.38. The van der Waals surface area contributed by atoms with E-state index in [9.17, 15) is 18.0 Å². The fourth-order valence-corrected chi connectivity index (χ4v) is 1.29. The van der Waals surface area contributed by atoms with Crippen LogP contribution in [0, 0.1) is 0 Å². The van der Waals surface area contributed by atoms with Crippen molar-refractivity contribution in [1.82, 2.24) is 19.9 Å². The van der Waals surface area contributed by atoms with Gasteiger partial charge in [-0.25, -0.2) is 0 Å². The van der Waals surface area contributed by atoms with Crippen LogP contribution in [0.3, 0.4) is 0 Å². The van der Waals surface area contributed by atoms with E-state index in [1.165, 1.54) is 7.05 Å². The number of hydrogen-bond donors (Lipinski definition) is 1. The molecule has 0 spiro atoms. The number of hydrogen-bond acceptors (Lipinski definition) is 5. The van der Waals surface area contributed by atoms with Gasteiger partial charge >= 0.3 is 18.0 Å². The SMILES string of the molecule is Cn1cc(-c2noc(C(N)=O)n2)c(C(F)(F)F)n1. The van der Waals surface area contributed by atoms with Crippen molar-refractivity contribution in [2.45, 2.75) is 6.18 Å². The predicted molar refractivity (Wildman–Crippen MR) is 50.0 cm³/mol. The second-order valence-electron chi connectivity index (χ2n) is 3.35. The van der Waals surface area contributed by atoms with Crippen LogP contribution in [0.5, 0.6) is 0 Å². The molecule has 2 heterocycles. The fourth-order valence-electron chi connectivity index (χ4n) is 1.29. The minimum atomic E-state index is -4.66. The van der Waals surface area contributed by atoms with Crippen molar-refractivity contribution < 1.29 is 22.5 Å². The Hall–Kier alpha value is -2.39. The van der Waals surface area contributed by atoms with Gasteiger partial charge in [-0.15, -0.1) is 0 Å². The molecule has 0 saturated carbocycles. The minimum absolute atomic E-state index is 0.388. The number of nitrogens with zero attached hydrogens (tertiary/aromatic N) is 4. The van der Waals surface area contributed by atoms with Gasteiger partial charge in [0.2, 0.25) is 5.82 Å². The van der Waals surface area contributed by atoms with Crippen molar-refractivity contribution in [2.24, 2.45) is 12.8 Å². The van der Waals surface area contributed by atoms with E-state index in [-0.39, 0.29) is 5.56 Å². The first-order chi connectivity index (χ1) is 8.29. The third-order valence-electron chi connectivity index (χ3n) is 1.98. The standard InChI is InChI=1S/C8H6F3N5O2/c1-16-2-3(4(14-16)8(9,10)11)6-13-7(5(12)17)18-15-6/h2H,1H3,(H2,12,17). The van der Waals surface area contributed by atoms with E-state index in [4.69, 9.17) is 5.73 Å². The Balaban J connectivity index is 2.53. The smallest absolute Gasteiger partial charge is 0.361 e. The Morgan fingerprint density at radius 3 is 2.67 bits per heavy atom. The number of rotatable bonds is 2. The van der Waals surface area contributed by atoms with Crippen LogP contribution in [0.2, 0.25) is 0 Å². The fraction of sp³-hybridized carbons (Fsp3) is 0.250. The Morgan fingerprint density at radius 2 is 2.17 bits per heavy atom. The summed E-state index contributed by atoms with van der Waals surface area (Å²) in [5.41, 5.74) is 3.30. The molecule has 1 amide bonds. The zero-order valence-corrected chi connectivity index (χ0v) is 8.89. The van der Waals surface area contributed by atoms with Crippen LogP contribution in [-0.2, 0) is 13.2 Å². The normalized spacial score (nSPS) is 11.8. The molecule has 2 aromatic heterocycles. The van der Waals surface area contributed by atoms with E-state index in [1.54, 1.807) is 0 Å². The molecular weight excluding hydrogens is 255 g/mol. The highest BCUT2D eigenvalue weighted by molar-refractivity contribution is 5.88. The monoisotopic (exact) mass is 261 g/mol. The van der Waals surface area contributed by atoms with Gasteiger partial charge < -0.3 is 10.3 Å². The first kappa shape index (κ1) is 12.1. The number of halogens is 3. The molecule has 0 bridgehead atoms. The van der Waals surface area contributed by atoms with Gasteiger partial charge in [0.05, 0.1) is 5.56 Å². The van der Waals surface area contributed by atoms with E-state index in [0.717, 1.165) is 10.9 Å². The molecule has 0 aliphatic heterocycles. The Labute approximate surface area is 97.4 Å². The van der Waals surface area contributed by atoms with Crippen molar-refractivity contribution in [3.05, 3.63) is 17.8 Å². The number of amides is 1. The van der Waals surface area contributed by atoms with E-state index < -0.39 is 29.5 Å². The molecule has 0 radical (unpaired) electrons. The summed E-state index contributed by atoms with van der Waals surface area (Å²) in [6.45, 7) is 0. The summed E-state index contributed by atoms with van der Waals surface area (Å²) in [5, 5.41) is 6.52. The van der Waals surface area contributed by atoms with Gasteiger partial charge in [0.1, 0.15) is 0 Å². The number of aromatic nitrogens is 4. The molecule has 18 heavy (non-hydrogen) atoms. The number of alkyl halides is 3. The predicted octanol–water partition coefficient (Wildman–Crippen LogP) is 0.588. The quantitative estimate of drug-likeness (QED) is 0.852. The number of carbonyl (C=O) groups is 1. The molecule has 0 aromatic carbocycles. The first-order valence-corrected chi connectivity index (χ1v) is 4.53. The molecule has 0 fully saturated rings. The highest BCUT2D eigenvalue weighted by atomic mass is 19.4. The first-order valence-electron chi connectivity index (χ1n) is 4.53. The second kappa shape index (κ2) is 3.82.